The van der Waals surface area contributed by atoms with Gasteiger partial charge in [-0.2, -0.15) is 4.98 Å². The van der Waals surface area contributed by atoms with Crippen LogP contribution >= 0.6 is 15.9 Å². The van der Waals surface area contributed by atoms with Crippen LogP contribution in [-0.4, -0.2) is 22.7 Å². The summed E-state index contributed by atoms with van der Waals surface area (Å²) in [5.74, 6) is 0.743. The number of nitrogens with one attached hydrogen (secondary N) is 1. The summed E-state index contributed by atoms with van der Waals surface area (Å²) in [5, 5.41) is 7.37. The van der Waals surface area contributed by atoms with E-state index in [2.05, 4.69) is 52.2 Å². The fourth-order valence-electron chi connectivity index (χ4n) is 2.33. The largest absolute Gasteiger partial charge is 0.339 e. The molecule has 0 fully saturated rings. The Labute approximate surface area is 132 Å². The third kappa shape index (κ3) is 3.89. The molecule has 0 radical (unpaired) electrons. The summed E-state index contributed by atoms with van der Waals surface area (Å²) < 4.78 is 19.4. The summed E-state index contributed by atoms with van der Waals surface area (Å²) in [6.45, 7) is 7.12. The maximum atomic E-state index is 13.4. The van der Waals surface area contributed by atoms with E-state index in [1.165, 1.54) is 12.1 Å². The van der Waals surface area contributed by atoms with E-state index in [1.807, 2.05) is 0 Å². The monoisotopic (exact) mass is 355 g/mol. The normalized spacial score (nSPS) is 14.1. The van der Waals surface area contributed by atoms with Crippen LogP contribution in [0, 0.1) is 5.82 Å². The number of hydrogen-bond donors (Lipinski definition) is 1. The van der Waals surface area contributed by atoms with Gasteiger partial charge in [-0.25, -0.2) is 4.39 Å². The van der Waals surface area contributed by atoms with Crippen molar-refractivity contribution in [3.05, 3.63) is 34.4 Å². The quantitative estimate of drug-likeness (QED) is 0.846. The minimum absolute atomic E-state index is 0.105. The fraction of sp³-hybridized carbons (Fsp3) is 0.467. The van der Waals surface area contributed by atoms with Crippen molar-refractivity contribution in [2.24, 2.45) is 0 Å². The van der Waals surface area contributed by atoms with Crippen molar-refractivity contribution in [3.8, 4) is 11.4 Å². The van der Waals surface area contributed by atoms with Gasteiger partial charge in [0.05, 0.1) is 5.92 Å². The molecule has 0 aliphatic rings. The Morgan fingerprint density at radius 3 is 2.71 bits per heavy atom. The molecular formula is C15H19BrFN3O. The number of rotatable bonds is 6. The van der Waals surface area contributed by atoms with Crippen molar-refractivity contribution >= 4 is 15.9 Å². The molecule has 0 saturated heterocycles. The summed E-state index contributed by atoms with van der Waals surface area (Å²) in [6.07, 6.45) is 0.970. The van der Waals surface area contributed by atoms with Gasteiger partial charge in [0.1, 0.15) is 5.82 Å². The third-order valence-electron chi connectivity index (χ3n) is 3.46. The third-order valence-corrected chi connectivity index (χ3v) is 3.92. The van der Waals surface area contributed by atoms with Crippen LogP contribution in [0.4, 0.5) is 4.39 Å². The molecule has 0 amide bonds. The topological polar surface area (TPSA) is 51.0 Å². The average Bonchev–Trinajstić information content (AvgIpc) is 2.92. The zero-order chi connectivity index (χ0) is 15.4. The van der Waals surface area contributed by atoms with E-state index in [0.717, 1.165) is 13.0 Å². The molecule has 0 aliphatic heterocycles. The average molecular weight is 356 g/mol. The summed E-state index contributed by atoms with van der Waals surface area (Å²) in [4.78, 5) is 4.41. The lowest BCUT2D eigenvalue weighted by atomic mass is 9.99. The Morgan fingerprint density at radius 2 is 2.10 bits per heavy atom. The number of aromatic nitrogens is 2. The second-order valence-electron chi connectivity index (χ2n) is 4.98. The summed E-state index contributed by atoms with van der Waals surface area (Å²) in [5.41, 5.74) is 0.598. The van der Waals surface area contributed by atoms with Gasteiger partial charge in [0.25, 0.3) is 0 Å². The Balaban J connectivity index is 2.24. The van der Waals surface area contributed by atoms with Gasteiger partial charge >= 0.3 is 0 Å². The van der Waals surface area contributed by atoms with Crippen molar-refractivity contribution in [2.75, 3.05) is 6.54 Å². The molecule has 0 bridgehead atoms. The molecule has 0 aliphatic carbocycles. The van der Waals surface area contributed by atoms with Crippen molar-refractivity contribution < 1.29 is 8.91 Å². The highest BCUT2D eigenvalue weighted by atomic mass is 79.9. The van der Waals surface area contributed by atoms with Crippen LogP contribution in [0.5, 0.6) is 0 Å². The highest BCUT2D eigenvalue weighted by molar-refractivity contribution is 9.10. The molecule has 0 spiro atoms. The first-order chi connectivity index (χ1) is 10.0. The lowest BCUT2D eigenvalue weighted by Gasteiger charge is -2.20. The van der Waals surface area contributed by atoms with E-state index in [9.17, 15) is 4.39 Å². The molecule has 0 saturated carbocycles. The number of likely N-dealkylation sites (N-methyl/N-ethyl adjacent to an activating group) is 1. The highest BCUT2D eigenvalue weighted by Gasteiger charge is 2.22. The summed E-state index contributed by atoms with van der Waals surface area (Å²) >= 11 is 3.26. The predicted molar refractivity (Wildman–Crippen MR) is 83.6 cm³/mol. The second kappa shape index (κ2) is 7.13. The number of halogens is 2. The van der Waals surface area contributed by atoms with Gasteiger partial charge in [0, 0.05) is 16.1 Å². The maximum Gasteiger partial charge on any atom is 0.231 e. The standard InChI is InChI=1S/C15H19BrFN3O/c1-4-13(18-5-2)9(3)15-19-14(20-21-15)10-6-11(16)8-12(17)7-10/h6-9,13,18H,4-5H2,1-3H3. The zero-order valence-corrected chi connectivity index (χ0v) is 13.9. The van der Waals surface area contributed by atoms with E-state index in [-0.39, 0.29) is 17.8 Å². The molecule has 1 aromatic carbocycles. The van der Waals surface area contributed by atoms with Gasteiger partial charge in [-0.3, -0.25) is 0 Å². The van der Waals surface area contributed by atoms with Crippen LogP contribution in [0.3, 0.4) is 0 Å². The first-order valence-corrected chi connectivity index (χ1v) is 7.87. The van der Waals surface area contributed by atoms with Crippen LogP contribution in [-0.2, 0) is 0 Å². The smallest absolute Gasteiger partial charge is 0.231 e. The van der Waals surface area contributed by atoms with E-state index >= 15 is 0 Å². The predicted octanol–water partition coefficient (Wildman–Crippen LogP) is 4.13. The van der Waals surface area contributed by atoms with Gasteiger partial charge in [0.15, 0.2) is 0 Å². The molecule has 2 rings (SSSR count). The van der Waals surface area contributed by atoms with Crippen LogP contribution in [0.1, 0.15) is 39.0 Å². The SMILES string of the molecule is CCNC(CC)C(C)c1nc(-c2cc(F)cc(Br)c2)no1. The molecule has 1 N–H and O–H groups in total. The van der Waals surface area contributed by atoms with E-state index < -0.39 is 0 Å². The minimum atomic E-state index is -0.335. The van der Waals surface area contributed by atoms with Gasteiger partial charge in [-0.1, -0.05) is 41.9 Å². The van der Waals surface area contributed by atoms with Crippen LogP contribution < -0.4 is 5.32 Å². The first kappa shape index (κ1) is 16.1. The Bertz CT molecular complexity index is 582. The number of benzene rings is 1. The number of nitrogens with zero attached hydrogens (tertiary/aromatic N) is 2. The number of hydrogen-bond acceptors (Lipinski definition) is 4. The molecule has 1 heterocycles. The molecule has 21 heavy (non-hydrogen) atoms. The van der Waals surface area contributed by atoms with E-state index in [4.69, 9.17) is 4.52 Å². The molecule has 4 nitrogen and oxygen atoms in total. The van der Waals surface area contributed by atoms with Gasteiger partial charge < -0.3 is 9.84 Å². The van der Waals surface area contributed by atoms with Crippen molar-refractivity contribution in [2.45, 2.75) is 39.2 Å². The Kier molecular flexibility index (Phi) is 5.47. The van der Waals surface area contributed by atoms with E-state index in [1.54, 1.807) is 6.07 Å². The van der Waals surface area contributed by atoms with Crippen molar-refractivity contribution in [3.63, 3.8) is 0 Å². The van der Waals surface area contributed by atoms with Gasteiger partial charge in [-0.05, 0) is 31.2 Å². The fourth-order valence-corrected chi connectivity index (χ4v) is 2.79. The van der Waals surface area contributed by atoms with E-state index in [0.29, 0.717) is 21.8 Å². The van der Waals surface area contributed by atoms with Crippen LogP contribution in [0.15, 0.2) is 27.2 Å². The Morgan fingerprint density at radius 1 is 1.33 bits per heavy atom. The molecule has 6 heteroatoms. The Hall–Kier alpha value is -1.27. The van der Waals surface area contributed by atoms with Gasteiger partial charge in [0.2, 0.25) is 11.7 Å². The molecular weight excluding hydrogens is 337 g/mol. The molecule has 1 aromatic heterocycles. The van der Waals surface area contributed by atoms with Crippen LogP contribution in [0.25, 0.3) is 11.4 Å². The highest BCUT2D eigenvalue weighted by Crippen LogP contribution is 2.25. The molecule has 2 atom stereocenters. The molecule has 2 aromatic rings. The van der Waals surface area contributed by atoms with Crippen molar-refractivity contribution in [1.29, 1.82) is 0 Å². The molecule has 114 valence electrons. The maximum absolute atomic E-state index is 13.4. The van der Waals surface area contributed by atoms with Gasteiger partial charge in [-0.15, -0.1) is 0 Å². The lowest BCUT2D eigenvalue weighted by molar-refractivity contribution is 0.321. The lowest BCUT2D eigenvalue weighted by Crippen LogP contribution is -2.33. The first-order valence-electron chi connectivity index (χ1n) is 7.08. The zero-order valence-electron chi connectivity index (χ0n) is 12.4. The summed E-state index contributed by atoms with van der Waals surface area (Å²) in [7, 11) is 0. The molecule has 2 unspecified atom stereocenters. The van der Waals surface area contributed by atoms with Crippen molar-refractivity contribution in [1.82, 2.24) is 15.5 Å². The summed E-state index contributed by atoms with van der Waals surface area (Å²) in [6, 6.07) is 4.84. The second-order valence-corrected chi connectivity index (χ2v) is 5.89. The van der Waals surface area contributed by atoms with Crippen LogP contribution in [0.2, 0.25) is 0 Å². The minimum Gasteiger partial charge on any atom is -0.339 e.